The van der Waals surface area contributed by atoms with Crippen LogP contribution in [0, 0.1) is 0 Å². The number of nitrogens with zero attached hydrogens (tertiary/aromatic N) is 1. The standard InChI is InChI=1S/C15H11BrN2OS/c16-9-4-1-3-8(7-9)13-17-14(19)12-10-5-2-6-11(10)20-15(12)18-13/h1,3-4,7H,2,5-6H2,(H,17,18,19). The molecular formula is C15H11BrN2OS. The molecule has 3 aromatic rings. The number of hydrogen-bond donors (Lipinski definition) is 1. The van der Waals surface area contributed by atoms with Gasteiger partial charge in [-0.1, -0.05) is 28.1 Å². The number of aromatic amines is 1. The van der Waals surface area contributed by atoms with Gasteiger partial charge in [0.1, 0.15) is 10.7 Å². The predicted octanol–water partition coefficient (Wildman–Crippen LogP) is 3.90. The van der Waals surface area contributed by atoms with Crippen LogP contribution >= 0.6 is 27.3 Å². The van der Waals surface area contributed by atoms with E-state index in [0.717, 1.165) is 39.5 Å². The Bertz CT molecular complexity index is 881. The number of aryl methyl sites for hydroxylation is 2. The number of aromatic nitrogens is 2. The van der Waals surface area contributed by atoms with Crippen LogP contribution in [0.1, 0.15) is 16.9 Å². The second-order valence-corrected chi connectivity index (χ2v) is 6.96. The summed E-state index contributed by atoms with van der Waals surface area (Å²) in [4.78, 5) is 22.2. The molecule has 100 valence electrons. The average Bonchev–Trinajstić information content (AvgIpc) is 2.98. The topological polar surface area (TPSA) is 45.8 Å². The van der Waals surface area contributed by atoms with E-state index >= 15 is 0 Å². The molecule has 0 spiro atoms. The Morgan fingerprint density at radius 1 is 1.30 bits per heavy atom. The molecule has 1 aliphatic carbocycles. The zero-order valence-electron chi connectivity index (χ0n) is 10.6. The maximum absolute atomic E-state index is 12.4. The molecule has 20 heavy (non-hydrogen) atoms. The van der Waals surface area contributed by atoms with E-state index in [4.69, 9.17) is 0 Å². The van der Waals surface area contributed by atoms with E-state index < -0.39 is 0 Å². The molecule has 1 aliphatic rings. The van der Waals surface area contributed by atoms with Gasteiger partial charge >= 0.3 is 0 Å². The van der Waals surface area contributed by atoms with E-state index in [1.54, 1.807) is 11.3 Å². The molecule has 0 radical (unpaired) electrons. The summed E-state index contributed by atoms with van der Waals surface area (Å²) in [6, 6.07) is 7.82. The van der Waals surface area contributed by atoms with Crippen molar-refractivity contribution in [1.82, 2.24) is 9.97 Å². The first-order valence-electron chi connectivity index (χ1n) is 6.53. The summed E-state index contributed by atoms with van der Waals surface area (Å²) >= 11 is 5.12. The van der Waals surface area contributed by atoms with E-state index in [1.807, 2.05) is 24.3 Å². The van der Waals surface area contributed by atoms with Crippen LogP contribution in [0.4, 0.5) is 0 Å². The lowest BCUT2D eigenvalue weighted by atomic mass is 10.2. The van der Waals surface area contributed by atoms with Gasteiger partial charge in [0.25, 0.3) is 5.56 Å². The van der Waals surface area contributed by atoms with E-state index in [-0.39, 0.29) is 5.56 Å². The van der Waals surface area contributed by atoms with Crippen molar-refractivity contribution in [2.45, 2.75) is 19.3 Å². The third-order valence-corrected chi connectivity index (χ3v) is 5.35. The van der Waals surface area contributed by atoms with Gasteiger partial charge in [0.2, 0.25) is 0 Å². The third-order valence-electron chi connectivity index (χ3n) is 3.67. The van der Waals surface area contributed by atoms with Crippen molar-refractivity contribution in [3.05, 3.63) is 49.5 Å². The third kappa shape index (κ3) is 1.84. The maximum atomic E-state index is 12.4. The van der Waals surface area contributed by atoms with Gasteiger partial charge in [-0.2, -0.15) is 0 Å². The SMILES string of the molecule is O=c1[nH]c(-c2cccc(Br)c2)nc2sc3c(c12)CCC3. The summed E-state index contributed by atoms with van der Waals surface area (Å²) in [6.45, 7) is 0. The number of thiophene rings is 1. The van der Waals surface area contributed by atoms with Gasteiger partial charge in [-0.3, -0.25) is 4.79 Å². The zero-order valence-corrected chi connectivity index (χ0v) is 13.0. The van der Waals surface area contributed by atoms with Gasteiger partial charge in [-0.15, -0.1) is 11.3 Å². The summed E-state index contributed by atoms with van der Waals surface area (Å²) in [5.41, 5.74) is 2.14. The average molecular weight is 347 g/mol. The molecule has 0 bridgehead atoms. The van der Waals surface area contributed by atoms with Crippen LogP contribution in [0.3, 0.4) is 0 Å². The summed E-state index contributed by atoms with van der Waals surface area (Å²) in [7, 11) is 0. The minimum atomic E-state index is -0.00984. The Morgan fingerprint density at radius 3 is 3.05 bits per heavy atom. The van der Waals surface area contributed by atoms with Crippen LogP contribution in [0.5, 0.6) is 0 Å². The van der Waals surface area contributed by atoms with Crippen molar-refractivity contribution in [1.29, 1.82) is 0 Å². The second kappa shape index (κ2) is 4.53. The first-order chi connectivity index (χ1) is 9.72. The Morgan fingerprint density at radius 2 is 2.20 bits per heavy atom. The number of rotatable bonds is 1. The summed E-state index contributed by atoms with van der Waals surface area (Å²) in [6.07, 6.45) is 3.25. The van der Waals surface area contributed by atoms with Crippen molar-refractivity contribution in [3.8, 4) is 11.4 Å². The van der Waals surface area contributed by atoms with E-state index in [1.165, 1.54) is 10.4 Å². The summed E-state index contributed by atoms with van der Waals surface area (Å²) in [5, 5.41) is 0.807. The van der Waals surface area contributed by atoms with Crippen LogP contribution in [0.2, 0.25) is 0 Å². The number of hydrogen-bond acceptors (Lipinski definition) is 3. The van der Waals surface area contributed by atoms with Gasteiger partial charge in [0.15, 0.2) is 0 Å². The lowest BCUT2D eigenvalue weighted by molar-refractivity contribution is 0.916. The minimum absolute atomic E-state index is 0.00984. The highest BCUT2D eigenvalue weighted by Gasteiger charge is 2.21. The van der Waals surface area contributed by atoms with Gasteiger partial charge < -0.3 is 4.98 Å². The van der Waals surface area contributed by atoms with Crippen molar-refractivity contribution in [3.63, 3.8) is 0 Å². The number of H-pyrrole nitrogens is 1. The molecule has 1 N–H and O–H groups in total. The van der Waals surface area contributed by atoms with E-state index in [9.17, 15) is 4.79 Å². The molecule has 0 unspecified atom stereocenters. The molecule has 2 heterocycles. The van der Waals surface area contributed by atoms with Crippen LogP contribution < -0.4 is 5.56 Å². The first kappa shape index (κ1) is 12.3. The van der Waals surface area contributed by atoms with Crippen molar-refractivity contribution in [2.24, 2.45) is 0 Å². The Kier molecular flexibility index (Phi) is 2.79. The first-order valence-corrected chi connectivity index (χ1v) is 8.14. The summed E-state index contributed by atoms with van der Waals surface area (Å²) < 4.78 is 0.978. The Hall–Kier alpha value is -1.46. The van der Waals surface area contributed by atoms with Crippen molar-refractivity contribution in [2.75, 3.05) is 0 Å². The molecule has 0 saturated carbocycles. The number of fused-ring (bicyclic) bond motifs is 3. The molecule has 0 atom stereocenters. The minimum Gasteiger partial charge on any atom is -0.306 e. The number of benzene rings is 1. The quantitative estimate of drug-likeness (QED) is 0.726. The molecule has 0 saturated heterocycles. The molecule has 2 aromatic heterocycles. The highest BCUT2D eigenvalue weighted by molar-refractivity contribution is 9.10. The lowest BCUT2D eigenvalue weighted by Gasteiger charge is -2.02. The van der Waals surface area contributed by atoms with Crippen molar-refractivity contribution < 1.29 is 0 Å². The molecule has 1 aromatic carbocycles. The smallest absolute Gasteiger partial charge is 0.260 e. The van der Waals surface area contributed by atoms with Crippen LogP contribution in [-0.4, -0.2) is 9.97 Å². The molecule has 4 rings (SSSR count). The fourth-order valence-corrected chi connectivity index (χ4v) is 4.44. The van der Waals surface area contributed by atoms with Gasteiger partial charge in [0.05, 0.1) is 5.39 Å². The molecule has 5 heteroatoms. The van der Waals surface area contributed by atoms with E-state index in [0.29, 0.717) is 5.82 Å². The van der Waals surface area contributed by atoms with Crippen LogP contribution in [-0.2, 0) is 12.8 Å². The monoisotopic (exact) mass is 346 g/mol. The molecule has 0 amide bonds. The highest BCUT2D eigenvalue weighted by atomic mass is 79.9. The van der Waals surface area contributed by atoms with Gasteiger partial charge in [-0.25, -0.2) is 4.98 Å². The Balaban J connectivity index is 1.97. The summed E-state index contributed by atoms with van der Waals surface area (Å²) in [5.74, 6) is 0.642. The van der Waals surface area contributed by atoms with Crippen molar-refractivity contribution >= 4 is 37.5 Å². The lowest BCUT2D eigenvalue weighted by Crippen LogP contribution is -2.09. The number of nitrogens with one attached hydrogen (secondary N) is 1. The molecule has 0 aliphatic heterocycles. The maximum Gasteiger partial charge on any atom is 0.260 e. The normalized spacial score (nSPS) is 13.8. The molecule has 3 nitrogen and oxygen atoms in total. The fraction of sp³-hybridized carbons (Fsp3) is 0.200. The van der Waals surface area contributed by atoms with E-state index in [2.05, 4.69) is 25.9 Å². The van der Waals surface area contributed by atoms with Crippen LogP contribution in [0.15, 0.2) is 33.5 Å². The van der Waals surface area contributed by atoms with Gasteiger partial charge in [0, 0.05) is 14.9 Å². The fourth-order valence-electron chi connectivity index (χ4n) is 2.77. The molecule has 0 fully saturated rings. The largest absolute Gasteiger partial charge is 0.306 e. The predicted molar refractivity (Wildman–Crippen MR) is 85.4 cm³/mol. The highest BCUT2D eigenvalue weighted by Crippen LogP contribution is 2.35. The second-order valence-electron chi connectivity index (χ2n) is 4.96. The van der Waals surface area contributed by atoms with Crippen LogP contribution in [0.25, 0.3) is 21.6 Å². The number of halogens is 1. The Labute approximate surface area is 127 Å². The van der Waals surface area contributed by atoms with Gasteiger partial charge in [-0.05, 0) is 37.0 Å². The zero-order chi connectivity index (χ0) is 13.7. The molecular weight excluding hydrogens is 336 g/mol.